The van der Waals surface area contributed by atoms with Gasteiger partial charge in [0.2, 0.25) is 0 Å². The van der Waals surface area contributed by atoms with E-state index in [1.165, 1.54) is 0 Å². The third-order valence-electron chi connectivity index (χ3n) is 2.18. The Labute approximate surface area is 58.9 Å². The summed E-state index contributed by atoms with van der Waals surface area (Å²) in [7, 11) is 0. The number of urea groups is 1. The van der Waals surface area contributed by atoms with Crippen LogP contribution in [-0.4, -0.2) is 36.2 Å². The molecule has 0 aliphatic carbocycles. The largest absolute Gasteiger partial charge is 0.374 e. The second-order valence-corrected chi connectivity index (χ2v) is 2.84. The monoisotopic (exact) mass is 142 g/mol. The van der Waals surface area contributed by atoms with Crippen LogP contribution in [0.4, 0.5) is 4.79 Å². The topological polar surface area (TPSA) is 55.6 Å². The minimum absolute atomic E-state index is 0.262. The van der Waals surface area contributed by atoms with Crippen LogP contribution < -0.4 is 5.73 Å². The number of nitrogens with zero attached hydrogens (tertiary/aromatic N) is 1. The predicted octanol–water partition coefficient (Wildman–Crippen LogP) is -0.462. The van der Waals surface area contributed by atoms with Gasteiger partial charge in [-0.05, 0) is 6.42 Å². The number of rotatable bonds is 0. The van der Waals surface area contributed by atoms with E-state index < -0.39 is 0 Å². The quantitative estimate of drug-likeness (QED) is 0.497. The highest BCUT2D eigenvalue weighted by molar-refractivity contribution is 5.73. The van der Waals surface area contributed by atoms with E-state index in [4.69, 9.17) is 10.5 Å². The molecular formula is C6H10N2O2. The van der Waals surface area contributed by atoms with Gasteiger partial charge in [0.25, 0.3) is 0 Å². The third-order valence-corrected chi connectivity index (χ3v) is 2.18. The highest BCUT2D eigenvalue weighted by atomic mass is 16.5. The Balaban J connectivity index is 2.08. The maximum atomic E-state index is 10.7. The van der Waals surface area contributed by atoms with E-state index in [0.717, 1.165) is 6.42 Å². The Morgan fingerprint density at radius 2 is 2.50 bits per heavy atom. The highest BCUT2D eigenvalue weighted by Crippen LogP contribution is 2.26. The van der Waals surface area contributed by atoms with E-state index in [1.54, 1.807) is 4.90 Å². The first-order valence-electron chi connectivity index (χ1n) is 3.45. The number of nitrogens with two attached hydrogens (primary N) is 1. The van der Waals surface area contributed by atoms with E-state index in [9.17, 15) is 4.79 Å². The molecule has 0 aromatic heterocycles. The average Bonchev–Trinajstić information content (AvgIpc) is 2.44. The fourth-order valence-corrected chi connectivity index (χ4v) is 1.67. The molecule has 56 valence electrons. The first-order chi connectivity index (χ1) is 4.77. The summed E-state index contributed by atoms with van der Waals surface area (Å²) in [6, 6.07) is -0.0432. The first kappa shape index (κ1) is 5.97. The molecule has 4 heteroatoms. The van der Waals surface area contributed by atoms with Crippen molar-refractivity contribution in [2.24, 2.45) is 5.73 Å². The maximum absolute atomic E-state index is 10.7. The number of primary amides is 1. The molecule has 2 unspecified atom stereocenters. The molecule has 0 spiro atoms. The normalized spacial score (nSPS) is 37.0. The van der Waals surface area contributed by atoms with Gasteiger partial charge >= 0.3 is 6.03 Å². The molecule has 2 atom stereocenters. The van der Waals surface area contributed by atoms with Crippen molar-refractivity contribution in [2.45, 2.75) is 18.6 Å². The van der Waals surface area contributed by atoms with Gasteiger partial charge in [-0.25, -0.2) is 4.79 Å². The molecule has 2 aliphatic rings. The molecule has 2 bridgehead atoms. The zero-order valence-corrected chi connectivity index (χ0v) is 5.62. The Kier molecular flexibility index (Phi) is 1.11. The van der Waals surface area contributed by atoms with Gasteiger partial charge in [0.15, 0.2) is 0 Å². The number of amides is 2. The molecule has 0 aromatic carbocycles. The third kappa shape index (κ3) is 0.686. The average molecular weight is 142 g/mol. The Morgan fingerprint density at radius 1 is 1.70 bits per heavy atom. The molecular weight excluding hydrogens is 132 g/mol. The second kappa shape index (κ2) is 1.85. The maximum Gasteiger partial charge on any atom is 0.315 e. The molecule has 2 aliphatic heterocycles. The SMILES string of the molecule is NC(=O)N1CC2CC1CO2. The van der Waals surface area contributed by atoms with Gasteiger partial charge in [-0.2, -0.15) is 0 Å². The van der Waals surface area contributed by atoms with Gasteiger partial charge in [-0.1, -0.05) is 0 Å². The van der Waals surface area contributed by atoms with Crippen LogP contribution in [0.25, 0.3) is 0 Å². The Hall–Kier alpha value is -0.770. The van der Waals surface area contributed by atoms with Crippen molar-refractivity contribution in [1.29, 1.82) is 0 Å². The molecule has 2 fully saturated rings. The van der Waals surface area contributed by atoms with Crippen molar-refractivity contribution < 1.29 is 9.53 Å². The van der Waals surface area contributed by atoms with Gasteiger partial charge in [0.05, 0.1) is 18.8 Å². The number of carbonyl (C=O) groups excluding carboxylic acids is 1. The van der Waals surface area contributed by atoms with E-state index in [0.29, 0.717) is 13.2 Å². The molecule has 2 rings (SSSR count). The van der Waals surface area contributed by atoms with E-state index in [-0.39, 0.29) is 18.2 Å². The minimum atomic E-state index is -0.309. The van der Waals surface area contributed by atoms with Crippen molar-refractivity contribution in [3.63, 3.8) is 0 Å². The summed E-state index contributed by atoms with van der Waals surface area (Å²) in [6.07, 6.45) is 1.24. The first-order valence-corrected chi connectivity index (χ1v) is 3.45. The van der Waals surface area contributed by atoms with Crippen molar-refractivity contribution >= 4 is 6.03 Å². The summed E-state index contributed by atoms with van der Waals surface area (Å²) >= 11 is 0. The van der Waals surface area contributed by atoms with Crippen LogP contribution in [0.15, 0.2) is 0 Å². The summed E-state index contributed by atoms with van der Waals surface area (Å²) in [4.78, 5) is 12.4. The molecule has 2 amide bonds. The van der Waals surface area contributed by atoms with Crippen LogP contribution in [0, 0.1) is 0 Å². The number of fused-ring (bicyclic) bond motifs is 2. The number of ether oxygens (including phenoxy) is 1. The van der Waals surface area contributed by atoms with Crippen LogP contribution in [0.3, 0.4) is 0 Å². The summed E-state index contributed by atoms with van der Waals surface area (Å²) in [5.74, 6) is 0. The zero-order chi connectivity index (χ0) is 7.14. The molecule has 0 saturated carbocycles. The van der Waals surface area contributed by atoms with Crippen molar-refractivity contribution in [2.75, 3.05) is 13.2 Å². The molecule has 2 N–H and O–H groups in total. The van der Waals surface area contributed by atoms with Crippen LogP contribution in [0.5, 0.6) is 0 Å². The van der Waals surface area contributed by atoms with E-state index in [2.05, 4.69) is 0 Å². The fraction of sp³-hybridized carbons (Fsp3) is 0.833. The highest BCUT2D eigenvalue weighted by Gasteiger charge is 2.40. The summed E-state index contributed by atoms with van der Waals surface area (Å²) in [6.45, 7) is 1.37. The molecule has 10 heavy (non-hydrogen) atoms. The van der Waals surface area contributed by atoms with Gasteiger partial charge in [-0.15, -0.1) is 0 Å². The lowest BCUT2D eigenvalue weighted by Gasteiger charge is -2.24. The molecule has 2 heterocycles. The fourth-order valence-electron chi connectivity index (χ4n) is 1.67. The molecule has 4 nitrogen and oxygen atoms in total. The van der Waals surface area contributed by atoms with Crippen molar-refractivity contribution in [1.82, 2.24) is 4.90 Å². The van der Waals surface area contributed by atoms with Crippen molar-refractivity contribution in [3.8, 4) is 0 Å². The second-order valence-electron chi connectivity index (χ2n) is 2.84. The number of hydrogen-bond donors (Lipinski definition) is 1. The number of carbonyl (C=O) groups is 1. The summed E-state index contributed by atoms with van der Waals surface area (Å²) in [5, 5.41) is 0. The van der Waals surface area contributed by atoms with Crippen LogP contribution in [0.2, 0.25) is 0 Å². The molecule has 0 aromatic rings. The number of likely N-dealkylation sites (tertiary alicyclic amines) is 1. The summed E-state index contributed by atoms with van der Waals surface area (Å²) in [5.41, 5.74) is 5.12. The summed E-state index contributed by atoms with van der Waals surface area (Å²) < 4.78 is 5.28. The molecule has 2 saturated heterocycles. The van der Waals surface area contributed by atoms with Gasteiger partial charge in [0.1, 0.15) is 0 Å². The van der Waals surface area contributed by atoms with E-state index >= 15 is 0 Å². The zero-order valence-electron chi connectivity index (χ0n) is 5.62. The lowest BCUT2D eigenvalue weighted by atomic mass is 10.2. The Bertz CT molecular complexity index is 171. The lowest BCUT2D eigenvalue weighted by Crippen LogP contribution is -2.44. The number of morpholine rings is 1. The van der Waals surface area contributed by atoms with E-state index in [1.807, 2.05) is 0 Å². The smallest absolute Gasteiger partial charge is 0.315 e. The van der Waals surface area contributed by atoms with Crippen molar-refractivity contribution in [3.05, 3.63) is 0 Å². The predicted molar refractivity (Wildman–Crippen MR) is 34.4 cm³/mol. The Morgan fingerprint density at radius 3 is 2.80 bits per heavy atom. The molecule has 0 radical (unpaired) electrons. The standard InChI is InChI=1S/C6H10N2O2/c7-6(9)8-2-5-1-4(8)3-10-5/h4-5H,1-3H2,(H2,7,9). The van der Waals surface area contributed by atoms with Crippen LogP contribution >= 0.6 is 0 Å². The number of hydrogen-bond acceptors (Lipinski definition) is 2. The van der Waals surface area contributed by atoms with Crippen LogP contribution in [0.1, 0.15) is 6.42 Å². The van der Waals surface area contributed by atoms with Gasteiger partial charge < -0.3 is 15.4 Å². The van der Waals surface area contributed by atoms with Crippen LogP contribution in [-0.2, 0) is 4.74 Å². The lowest BCUT2D eigenvalue weighted by molar-refractivity contribution is 0.0464. The minimum Gasteiger partial charge on any atom is -0.374 e. The van der Waals surface area contributed by atoms with Gasteiger partial charge in [-0.3, -0.25) is 0 Å². The van der Waals surface area contributed by atoms with Gasteiger partial charge in [0, 0.05) is 6.54 Å².